The van der Waals surface area contributed by atoms with E-state index in [1.165, 1.54) is 16.8 Å². The maximum atomic E-state index is 3.54. The lowest BCUT2D eigenvalue weighted by molar-refractivity contribution is 0.808. The zero-order chi connectivity index (χ0) is 12.7. The topological polar surface area (TPSA) is 12.0 Å². The Hall–Kier alpha value is -1.50. The molecular formula is C16H23N. The lowest BCUT2D eigenvalue weighted by Gasteiger charge is -2.15. The van der Waals surface area contributed by atoms with Crippen molar-refractivity contribution in [1.82, 2.24) is 0 Å². The smallest absolute Gasteiger partial charge is 0.0372 e. The fraction of sp³-hybridized carbons (Fsp3) is 0.375. The van der Waals surface area contributed by atoms with Gasteiger partial charge in [0.1, 0.15) is 0 Å². The predicted octanol–water partition coefficient (Wildman–Crippen LogP) is 4.71. The summed E-state index contributed by atoms with van der Waals surface area (Å²) >= 11 is 0. The summed E-state index contributed by atoms with van der Waals surface area (Å²) in [6.45, 7) is 8.54. The van der Waals surface area contributed by atoms with Crippen LogP contribution in [-0.2, 0) is 0 Å². The van der Waals surface area contributed by atoms with Crippen molar-refractivity contribution in [3.8, 4) is 0 Å². The number of aryl methyl sites for hydroxylation is 1. The molecule has 0 fully saturated rings. The van der Waals surface area contributed by atoms with Gasteiger partial charge in [-0.1, -0.05) is 42.0 Å². The Kier molecular flexibility index (Phi) is 5.55. The van der Waals surface area contributed by atoms with Crippen LogP contribution in [0.15, 0.2) is 48.1 Å². The standard InChI is InChI=1S/C16H23N/c1-5-8-13(2)11-12-15(4)17-16-10-7-6-9-14(16)3/h5-11,15,17H,12H2,1-4H3/b8-5-,13-11-. The van der Waals surface area contributed by atoms with Crippen molar-refractivity contribution in [2.75, 3.05) is 5.32 Å². The summed E-state index contributed by atoms with van der Waals surface area (Å²) in [6.07, 6.45) is 7.53. The molecular weight excluding hydrogens is 206 g/mol. The first-order valence-corrected chi connectivity index (χ1v) is 6.25. The van der Waals surface area contributed by atoms with Gasteiger partial charge in [0.2, 0.25) is 0 Å². The molecule has 0 amide bonds. The maximum absolute atomic E-state index is 3.54. The van der Waals surface area contributed by atoms with Crippen LogP contribution in [0.2, 0.25) is 0 Å². The molecule has 1 heteroatoms. The molecule has 1 N–H and O–H groups in total. The van der Waals surface area contributed by atoms with Gasteiger partial charge in [0.05, 0.1) is 0 Å². The second kappa shape index (κ2) is 6.95. The Balaban J connectivity index is 2.53. The van der Waals surface area contributed by atoms with Crippen molar-refractivity contribution in [2.24, 2.45) is 0 Å². The average molecular weight is 229 g/mol. The third-order valence-electron chi connectivity index (χ3n) is 2.77. The largest absolute Gasteiger partial charge is 0.382 e. The first-order valence-electron chi connectivity index (χ1n) is 6.25. The van der Waals surface area contributed by atoms with Crippen LogP contribution in [0.3, 0.4) is 0 Å². The summed E-state index contributed by atoms with van der Waals surface area (Å²) in [7, 11) is 0. The van der Waals surface area contributed by atoms with Gasteiger partial charge < -0.3 is 5.32 Å². The highest BCUT2D eigenvalue weighted by Crippen LogP contribution is 2.15. The molecule has 0 radical (unpaired) electrons. The van der Waals surface area contributed by atoms with Crippen LogP contribution < -0.4 is 5.32 Å². The summed E-state index contributed by atoms with van der Waals surface area (Å²) in [4.78, 5) is 0. The quantitative estimate of drug-likeness (QED) is 0.721. The van der Waals surface area contributed by atoms with Crippen LogP contribution in [0, 0.1) is 6.92 Å². The Labute approximate surface area is 105 Å². The molecule has 0 aliphatic carbocycles. The van der Waals surface area contributed by atoms with Crippen molar-refractivity contribution in [2.45, 2.75) is 40.2 Å². The van der Waals surface area contributed by atoms with Crippen molar-refractivity contribution in [1.29, 1.82) is 0 Å². The van der Waals surface area contributed by atoms with Crippen molar-refractivity contribution in [3.05, 3.63) is 53.6 Å². The molecule has 0 bridgehead atoms. The Bertz CT molecular complexity index is 402. The van der Waals surface area contributed by atoms with Crippen molar-refractivity contribution in [3.63, 3.8) is 0 Å². The highest BCUT2D eigenvalue weighted by atomic mass is 14.9. The lowest BCUT2D eigenvalue weighted by Crippen LogP contribution is -2.14. The normalized spacial score (nSPS) is 14.0. The predicted molar refractivity (Wildman–Crippen MR) is 77.5 cm³/mol. The lowest BCUT2D eigenvalue weighted by atomic mass is 10.1. The van der Waals surface area contributed by atoms with Crippen LogP contribution in [0.5, 0.6) is 0 Å². The molecule has 92 valence electrons. The maximum Gasteiger partial charge on any atom is 0.0372 e. The number of hydrogen-bond acceptors (Lipinski definition) is 1. The highest BCUT2D eigenvalue weighted by molar-refractivity contribution is 5.50. The van der Waals surface area contributed by atoms with Crippen molar-refractivity contribution < 1.29 is 0 Å². The minimum atomic E-state index is 0.455. The number of allylic oxidation sites excluding steroid dienone is 3. The molecule has 0 saturated carbocycles. The first kappa shape index (κ1) is 13.6. The second-order valence-electron chi connectivity index (χ2n) is 4.54. The number of anilines is 1. The number of para-hydroxylation sites is 1. The van der Waals surface area contributed by atoms with Gasteiger partial charge in [-0.25, -0.2) is 0 Å². The van der Waals surface area contributed by atoms with Crippen LogP contribution in [0.1, 0.15) is 32.8 Å². The molecule has 0 spiro atoms. The van der Waals surface area contributed by atoms with E-state index >= 15 is 0 Å². The third-order valence-corrected chi connectivity index (χ3v) is 2.77. The van der Waals surface area contributed by atoms with Gasteiger partial charge in [-0.3, -0.25) is 0 Å². The Morgan fingerprint density at radius 3 is 2.71 bits per heavy atom. The molecule has 0 heterocycles. The van der Waals surface area contributed by atoms with Gasteiger partial charge in [0.25, 0.3) is 0 Å². The van der Waals surface area contributed by atoms with E-state index in [0.717, 1.165) is 6.42 Å². The fourth-order valence-corrected chi connectivity index (χ4v) is 1.75. The second-order valence-corrected chi connectivity index (χ2v) is 4.54. The van der Waals surface area contributed by atoms with Gasteiger partial charge in [-0.2, -0.15) is 0 Å². The van der Waals surface area contributed by atoms with Gasteiger partial charge >= 0.3 is 0 Å². The third kappa shape index (κ3) is 4.90. The average Bonchev–Trinajstić information content (AvgIpc) is 2.30. The number of nitrogens with one attached hydrogen (secondary N) is 1. The van der Waals surface area contributed by atoms with E-state index in [4.69, 9.17) is 0 Å². The molecule has 1 unspecified atom stereocenters. The summed E-state index contributed by atoms with van der Waals surface area (Å²) in [6, 6.07) is 8.87. The van der Waals surface area contributed by atoms with Gasteiger partial charge in [-0.05, 0) is 45.7 Å². The van der Waals surface area contributed by atoms with Crippen LogP contribution in [0.4, 0.5) is 5.69 Å². The van der Waals surface area contributed by atoms with E-state index in [1.807, 2.05) is 6.92 Å². The molecule has 1 atom stereocenters. The van der Waals surface area contributed by atoms with E-state index < -0.39 is 0 Å². The van der Waals surface area contributed by atoms with Crippen LogP contribution >= 0.6 is 0 Å². The van der Waals surface area contributed by atoms with E-state index in [9.17, 15) is 0 Å². The molecule has 0 aromatic heterocycles. The molecule has 0 aliphatic rings. The molecule has 0 saturated heterocycles. The van der Waals surface area contributed by atoms with E-state index in [0.29, 0.717) is 6.04 Å². The Morgan fingerprint density at radius 2 is 2.06 bits per heavy atom. The van der Waals surface area contributed by atoms with Crippen molar-refractivity contribution >= 4 is 5.69 Å². The molecule has 0 aliphatic heterocycles. The minimum Gasteiger partial charge on any atom is -0.382 e. The summed E-state index contributed by atoms with van der Waals surface area (Å²) in [5, 5.41) is 3.54. The summed E-state index contributed by atoms with van der Waals surface area (Å²) in [5.74, 6) is 0. The number of rotatable bonds is 5. The minimum absolute atomic E-state index is 0.455. The number of benzene rings is 1. The zero-order valence-electron chi connectivity index (χ0n) is 11.3. The van der Waals surface area contributed by atoms with E-state index in [1.54, 1.807) is 0 Å². The summed E-state index contributed by atoms with van der Waals surface area (Å²) < 4.78 is 0. The monoisotopic (exact) mass is 229 g/mol. The van der Waals surface area contributed by atoms with Gasteiger partial charge in [0, 0.05) is 11.7 Å². The van der Waals surface area contributed by atoms with Gasteiger partial charge in [0.15, 0.2) is 0 Å². The molecule has 17 heavy (non-hydrogen) atoms. The van der Waals surface area contributed by atoms with Gasteiger partial charge in [-0.15, -0.1) is 0 Å². The van der Waals surface area contributed by atoms with Crippen LogP contribution in [-0.4, -0.2) is 6.04 Å². The number of hydrogen-bond donors (Lipinski definition) is 1. The first-order chi connectivity index (χ1) is 8.13. The van der Waals surface area contributed by atoms with E-state index in [2.05, 4.69) is 68.6 Å². The SMILES string of the molecule is C/C=C\C(C)=C/CC(C)Nc1ccccc1C. The van der Waals surface area contributed by atoms with E-state index in [-0.39, 0.29) is 0 Å². The Morgan fingerprint density at radius 1 is 1.35 bits per heavy atom. The zero-order valence-corrected chi connectivity index (χ0v) is 11.3. The molecule has 1 aromatic rings. The molecule has 1 nitrogen and oxygen atoms in total. The molecule has 1 rings (SSSR count). The van der Waals surface area contributed by atoms with Crippen LogP contribution in [0.25, 0.3) is 0 Å². The molecule has 1 aromatic carbocycles. The fourth-order valence-electron chi connectivity index (χ4n) is 1.75. The summed E-state index contributed by atoms with van der Waals surface area (Å²) in [5.41, 5.74) is 3.86. The highest BCUT2D eigenvalue weighted by Gasteiger charge is 2.01.